The quantitative estimate of drug-likeness (QED) is 0.424. The van der Waals surface area contributed by atoms with Gasteiger partial charge in [-0.15, -0.1) is 0 Å². The van der Waals surface area contributed by atoms with E-state index < -0.39 is 6.16 Å². The molecule has 0 unspecified atom stereocenters. The summed E-state index contributed by atoms with van der Waals surface area (Å²) in [6, 6.07) is 7.38. The van der Waals surface area contributed by atoms with Gasteiger partial charge < -0.3 is 9.47 Å². The maximum absolute atomic E-state index is 11.4. The van der Waals surface area contributed by atoms with Crippen molar-refractivity contribution in [2.24, 2.45) is 0 Å². The van der Waals surface area contributed by atoms with Crippen molar-refractivity contribution in [1.29, 1.82) is 0 Å². The monoisotopic (exact) mass is 236 g/mol. The number of unbranched alkanes of at least 4 members (excludes halogenated alkanes) is 3. The molecule has 0 aliphatic heterocycles. The molecule has 1 aromatic rings. The van der Waals surface area contributed by atoms with E-state index in [2.05, 4.69) is 6.92 Å². The van der Waals surface area contributed by atoms with E-state index in [-0.39, 0.29) is 0 Å². The molecule has 0 fully saturated rings. The normalized spacial score (nSPS) is 10.0. The van der Waals surface area contributed by atoms with Crippen molar-refractivity contribution in [3.8, 4) is 5.75 Å². The van der Waals surface area contributed by atoms with Gasteiger partial charge in [0.15, 0.2) is 0 Å². The predicted octanol–water partition coefficient (Wildman–Crippen LogP) is 4.09. The lowest BCUT2D eigenvalue weighted by molar-refractivity contribution is 0.0971. The second kappa shape index (κ2) is 7.71. The number of hydrogen-bond donors (Lipinski definition) is 0. The van der Waals surface area contributed by atoms with E-state index in [9.17, 15) is 4.79 Å². The van der Waals surface area contributed by atoms with Gasteiger partial charge in [-0.25, -0.2) is 4.79 Å². The van der Waals surface area contributed by atoms with Gasteiger partial charge >= 0.3 is 6.16 Å². The molecule has 0 heterocycles. The van der Waals surface area contributed by atoms with Crippen LogP contribution in [0.4, 0.5) is 4.79 Å². The number of carbonyl (C=O) groups is 1. The Morgan fingerprint density at radius 2 is 1.94 bits per heavy atom. The van der Waals surface area contributed by atoms with Crippen LogP contribution < -0.4 is 4.74 Å². The van der Waals surface area contributed by atoms with Gasteiger partial charge in [0.05, 0.1) is 6.61 Å². The van der Waals surface area contributed by atoms with Crippen LogP contribution in [0, 0.1) is 6.92 Å². The molecule has 94 valence electrons. The molecule has 0 radical (unpaired) electrons. The number of carbonyl (C=O) groups excluding carboxylic acids is 1. The van der Waals surface area contributed by atoms with E-state index >= 15 is 0 Å². The van der Waals surface area contributed by atoms with Gasteiger partial charge in [-0.2, -0.15) is 0 Å². The Balaban J connectivity index is 2.23. The molecular formula is C14H20O3. The van der Waals surface area contributed by atoms with Crippen LogP contribution >= 0.6 is 0 Å². The molecule has 0 atom stereocenters. The van der Waals surface area contributed by atoms with Crippen molar-refractivity contribution in [3.63, 3.8) is 0 Å². The van der Waals surface area contributed by atoms with Gasteiger partial charge in [0, 0.05) is 0 Å². The zero-order valence-corrected chi connectivity index (χ0v) is 10.6. The molecule has 0 aromatic heterocycles. The topological polar surface area (TPSA) is 35.5 Å². The predicted molar refractivity (Wildman–Crippen MR) is 67.3 cm³/mol. The van der Waals surface area contributed by atoms with Crippen LogP contribution in [0.3, 0.4) is 0 Å². The summed E-state index contributed by atoms with van der Waals surface area (Å²) in [5.41, 5.74) is 0.926. The Bertz CT molecular complexity index is 347. The Morgan fingerprint density at radius 3 is 2.65 bits per heavy atom. The zero-order valence-electron chi connectivity index (χ0n) is 10.6. The molecule has 0 amide bonds. The second-order valence-corrected chi connectivity index (χ2v) is 4.03. The SMILES string of the molecule is CCCCCCOC(=O)Oc1ccccc1C. The van der Waals surface area contributed by atoms with Crippen molar-refractivity contribution in [1.82, 2.24) is 0 Å². The Kier molecular flexibility index (Phi) is 6.15. The molecule has 0 aliphatic carbocycles. The molecule has 3 nitrogen and oxygen atoms in total. The smallest absolute Gasteiger partial charge is 0.434 e. The molecule has 0 N–H and O–H groups in total. The third kappa shape index (κ3) is 5.38. The highest BCUT2D eigenvalue weighted by molar-refractivity contribution is 5.64. The first-order valence-electron chi connectivity index (χ1n) is 6.14. The van der Waals surface area contributed by atoms with E-state index in [4.69, 9.17) is 9.47 Å². The Labute approximate surface area is 103 Å². The average Bonchev–Trinajstić information content (AvgIpc) is 2.32. The Morgan fingerprint density at radius 1 is 1.18 bits per heavy atom. The summed E-state index contributed by atoms with van der Waals surface area (Å²) in [6.07, 6.45) is 3.73. The Hall–Kier alpha value is -1.51. The highest BCUT2D eigenvalue weighted by Crippen LogP contribution is 2.16. The summed E-state index contributed by atoms with van der Waals surface area (Å²) >= 11 is 0. The van der Waals surface area contributed by atoms with Crippen molar-refractivity contribution < 1.29 is 14.3 Å². The lowest BCUT2D eigenvalue weighted by Crippen LogP contribution is -2.12. The van der Waals surface area contributed by atoms with Crippen molar-refractivity contribution in [2.45, 2.75) is 39.5 Å². The van der Waals surface area contributed by atoms with E-state index in [1.54, 1.807) is 6.07 Å². The fraction of sp³-hybridized carbons (Fsp3) is 0.500. The van der Waals surface area contributed by atoms with Crippen LogP contribution in [0.25, 0.3) is 0 Å². The molecule has 1 aromatic carbocycles. The number of aryl methyl sites for hydroxylation is 1. The summed E-state index contributed by atoms with van der Waals surface area (Å²) in [5.74, 6) is 0.561. The van der Waals surface area contributed by atoms with Crippen LogP contribution in [0.1, 0.15) is 38.2 Å². The van der Waals surface area contributed by atoms with Crippen LogP contribution in [0.15, 0.2) is 24.3 Å². The van der Waals surface area contributed by atoms with E-state index in [0.717, 1.165) is 18.4 Å². The van der Waals surface area contributed by atoms with Gasteiger partial charge in [-0.05, 0) is 25.0 Å². The van der Waals surface area contributed by atoms with Gasteiger partial charge in [-0.1, -0.05) is 44.4 Å². The molecule has 0 saturated heterocycles. The van der Waals surface area contributed by atoms with Crippen molar-refractivity contribution in [2.75, 3.05) is 6.61 Å². The number of rotatable bonds is 6. The molecular weight excluding hydrogens is 216 g/mol. The molecule has 1 rings (SSSR count). The van der Waals surface area contributed by atoms with Crippen LogP contribution in [0.2, 0.25) is 0 Å². The van der Waals surface area contributed by atoms with E-state index in [1.165, 1.54) is 12.8 Å². The summed E-state index contributed by atoms with van der Waals surface area (Å²) in [6.45, 7) is 4.47. The third-order valence-corrected chi connectivity index (χ3v) is 2.50. The summed E-state index contributed by atoms with van der Waals surface area (Å²) < 4.78 is 10.1. The number of para-hydroxylation sites is 1. The molecule has 17 heavy (non-hydrogen) atoms. The fourth-order valence-corrected chi connectivity index (χ4v) is 1.47. The maximum atomic E-state index is 11.4. The minimum absolute atomic E-state index is 0.435. The minimum Gasteiger partial charge on any atom is -0.434 e. The molecule has 3 heteroatoms. The maximum Gasteiger partial charge on any atom is 0.513 e. The summed E-state index contributed by atoms with van der Waals surface area (Å²) in [7, 11) is 0. The highest BCUT2D eigenvalue weighted by Gasteiger charge is 2.07. The molecule has 0 aliphatic rings. The standard InChI is InChI=1S/C14H20O3/c1-3-4-5-8-11-16-14(15)17-13-10-7-6-9-12(13)2/h6-7,9-10H,3-5,8,11H2,1-2H3. The number of benzene rings is 1. The fourth-order valence-electron chi connectivity index (χ4n) is 1.47. The van der Waals surface area contributed by atoms with Crippen molar-refractivity contribution >= 4 is 6.16 Å². The van der Waals surface area contributed by atoms with Crippen LogP contribution in [-0.2, 0) is 4.74 Å². The van der Waals surface area contributed by atoms with Gasteiger partial charge in [-0.3, -0.25) is 0 Å². The summed E-state index contributed by atoms with van der Waals surface area (Å²) in [4.78, 5) is 11.4. The first-order chi connectivity index (χ1) is 8.24. The molecule has 0 spiro atoms. The lowest BCUT2D eigenvalue weighted by atomic mass is 10.2. The first kappa shape index (κ1) is 13.6. The molecule has 0 bridgehead atoms. The molecule has 0 saturated carbocycles. The van der Waals surface area contributed by atoms with E-state index in [1.807, 2.05) is 25.1 Å². The minimum atomic E-state index is -0.615. The number of hydrogen-bond acceptors (Lipinski definition) is 3. The van der Waals surface area contributed by atoms with Crippen molar-refractivity contribution in [3.05, 3.63) is 29.8 Å². The third-order valence-electron chi connectivity index (χ3n) is 2.50. The van der Waals surface area contributed by atoms with Crippen LogP contribution in [0.5, 0.6) is 5.75 Å². The lowest BCUT2D eigenvalue weighted by Gasteiger charge is -2.07. The summed E-state index contributed by atoms with van der Waals surface area (Å²) in [5, 5.41) is 0. The van der Waals surface area contributed by atoms with E-state index in [0.29, 0.717) is 12.4 Å². The first-order valence-corrected chi connectivity index (χ1v) is 6.14. The number of ether oxygens (including phenoxy) is 2. The van der Waals surface area contributed by atoms with Gasteiger partial charge in [0.1, 0.15) is 5.75 Å². The van der Waals surface area contributed by atoms with Gasteiger partial charge in [0.2, 0.25) is 0 Å². The second-order valence-electron chi connectivity index (χ2n) is 4.03. The largest absolute Gasteiger partial charge is 0.513 e. The van der Waals surface area contributed by atoms with Gasteiger partial charge in [0.25, 0.3) is 0 Å². The highest BCUT2D eigenvalue weighted by atomic mass is 16.7. The van der Waals surface area contributed by atoms with Crippen LogP contribution in [-0.4, -0.2) is 12.8 Å². The zero-order chi connectivity index (χ0) is 12.5. The average molecular weight is 236 g/mol.